The molecule has 0 aliphatic rings. The number of aliphatic imine (C=N–C) groups is 1. The molecule has 0 N–H and O–H groups in total. The molecule has 4 nitrogen and oxygen atoms in total. The van der Waals surface area contributed by atoms with Crippen molar-refractivity contribution >= 4 is 38.9 Å². The van der Waals surface area contributed by atoms with Crippen LogP contribution in [0.25, 0.3) is 10.2 Å². The van der Waals surface area contributed by atoms with Crippen LogP contribution in [0.1, 0.15) is 115 Å². The van der Waals surface area contributed by atoms with Gasteiger partial charge in [-0.25, -0.2) is 9.36 Å². The first-order valence-corrected chi connectivity index (χ1v) is 16.3. The van der Waals surface area contributed by atoms with Crippen molar-refractivity contribution < 1.29 is 14.1 Å². The van der Waals surface area contributed by atoms with Crippen LogP contribution in [0.5, 0.6) is 0 Å². The van der Waals surface area contributed by atoms with E-state index < -0.39 is 0 Å². The van der Waals surface area contributed by atoms with Gasteiger partial charge in [-0.1, -0.05) is 146 Å². The zero-order valence-electron chi connectivity index (χ0n) is 24.1. The molecule has 0 unspecified atom stereocenters. The maximum absolute atomic E-state index is 12.7. The van der Waals surface area contributed by atoms with Gasteiger partial charge in [0.05, 0.1) is 11.3 Å². The minimum absolute atomic E-state index is 0.185. The highest BCUT2D eigenvalue weighted by atomic mass is 32.1. The first kappa shape index (κ1) is 31.0. The fourth-order valence-electron chi connectivity index (χ4n) is 4.95. The maximum Gasteiger partial charge on any atom is 0.383 e. The summed E-state index contributed by atoms with van der Waals surface area (Å²) in [6, 6.07) is 18.2. The Morgan fingerprint density at radius 2 is 1.28 bits per heavy atom. The van der Waals surface area contributed by atoms with E-state index in [1.165, 1.54) is 89.9 Å². The highest BCUT2D eigenvalue weighted by Crippen LogP contribution is 2.26. The van der Waals surface area contributed by atoms with Crippen molar-refractivity contribution in [2.24, 2.45) is 4.99 Å². The van der Waals surface area contributed by atoms with Gasteiger partial charge < -0.3 is 4.74 Å². The Labute approximate surface area is 240 Å². The lowest BCUT2D eigenvalue weighted by molar-refractivity contribution is -0.643. The van der Waals surface area contributed by atoms with Gasteiger partial charge >= 0.3 is 11.1 Å². The molecule has 0 bridgehead atoms. The Bertz CT molecular complexity index is 1090. The van der Waals surface area contributed by atoms with Crippen molar-refractivity contribution in [1.82, 2.24) is 0 Å². The van der Waals surface area contributed by atoms with E-state index in [-0.39, 0.29) is 12.5 Å². The van der Waals surface area contributed by atoms with E-state index in [4.69, 9.17) is 9.73 Å². The zero-order chi connectivity index (χ0) is 27.4. The molecule has 1 heterocycles. The lowest BCUT2D eigenvalue weighted by Crippen LogP contribution is -2.37. The number of hydrogen-bond acceptors (Lipinski definition) is 4. The van der Waals surface area contributed by atoms with Crippen LogP contribution in [0.2, 0.25) is 0 Å². The highest BCUT2D eigenvalue weighted by molar-refractivity contribution is 7.21. The minimum atomic E-state index is -0.194. The molecule has 0 atom stereocenters. The van der Waals surface area contributed by atoms with Crippen molar-refractivity contribution in [3.8, 4) is 0 Å². The molecule has 39 heavy (non-hydrogen) atoms. The summed E-state index contributed by atoms with van der Waals surface area (Å²) in [7, 11) is 0. The standard InChI is InChI=1S/C34H49N2O2S/c1-2-3-4-5-6-7-8-9-10-11-12-13-14-15-16-22-27-38-33(37)29-36-31-25-20-21-26-32(31)39-34(36)35-28-30-23-18-17-19-24-30/h17-21,23-26,28H,2-16,22,27,29H2,1H3/q+1. The van der Waals surface area contributed by atoms with Crippen molar-refractivity contribution in [2.75, 3.05) is 6.61 Å². The predicted molar refractivity (Wildman–Crippen MR) is 166 cm³/mol. The van der Waals surface area contributed by atoms with Crippen LogP contribution < -0.4 is 4.57 Å². The van der Waals surface area contributed by atoms with Crippen molar-refractivity contribution in [3.05, 3.63) is 60.2 Å². The van der Waals surface area contributed by atoms with Crippen LogP contribution in [-0.4, -0.2) is 18.8 Å². The Kier molecular flexibility index (Phi) is 15.5. The summed E-state index contributed by atoms with van der Waals surface area (Å²) in [6.07, 6.45) is 23.3. The average Bonchev–Trinajstić information content (AvgIpc) is 3.31. The van der Waals surface area contributed by atoms with Gasteiger partial charge in [0, 0.05) is 5.56 Å². The van der Waals surface area contributed by atoms with Gasteiger partial charge in [0.1, 0.15) is 11.7 Å². The summed E-state index contributed by atoms with van der Waals surface area (Å²) in [6.45, 7) is 2.97. The molecule has 0 amide bonds. The Morgan fingerprint density at radius 1 is 0.744 bits per heavy atom. The van der Waals surface area contributed by atoms with Gasteiger partial charge in [0.15, 0.2) is 6.54 Å². The van der Waals surface area contributed by atoms with Crippen LogP contribution in [0.3, 0.4) is 0 Å². The second-order valence-electron chi connectivity index (χ2n) is 10.6. The smallest absolute Gasteiger partial charge is 0.383 e. The Balaban J connectivity index is 1.25. The van der Waals surface area contributed by atoms with E-state index >= 15 is 0 Å². The van der Waals surface area contributed by atoms with Gasteiger partial charge in [-0.3, -0.25) is 0 Å². The van der Waals surface area contributed by atoms with Crippen LogP contribution in [0.4, 0.5) is 5.13 Å². The van der Waals surface area contributed by atoms with Crippen molar-refractivity contribution in [1.29, 1.82) is 0 Å². The monoisotopic (exact) mass is 549 g/mol. The van der Waals surface area contributed by atoms with Gasteiger partial charge in [-0.05, 0) is 34.9 Å². The van der Waals surface area contributed by atoms with Crippen LogP contribution in [0, 0.1) is 0 Å². The lowest BCUT2D eigenvalue weighted by Gasteiger charge is -2.05. The van der Waals surface area contributed by atoms with E-state index in [0.717, 1.165) is 33.8 Å². The van der Waals surface area contributed by atoms with Crippen LogP contribution >= 0.6 is 11.3 Å². The van der Waals surface area contributed by atoms with E-state index in [0.29, 0.717) is 6.61 Å². The number of hydrogen-bond donors (Lipinski definition) is 0. The molecule has 0 saturated heterocycles. The molecular formula is C34H49N2O2S+. The summed E-state index contributed by atoms with van der Waals surface area (Å²) < 4.78 is 8.68. The van der Waals surface area contributed by atoms with Crippen LogP contribution in [0.15, 0.2) is 59.6 Å². The summed E-state index contributed by atoms with van der Waals surface area (Å²) in [4.78, 5) is 17.3. The number of carbonyl (C=O) groups is 1. The Hall–Kier alpha value is -2.53. The van der Waals surface area contributed by atoms with E-state index in [1.54, 1.807) is 11.3 Å². The predicted octanol–water partition coefficient (Wildman–Crippen LogP) is 9.74. The fraction of sp³-hybridized carbons (Fsp3) is 0.559. The molecule has 0 aliphatic heterocycles. The summed E-state index contributed by atoms with van der Waals surface area (Å²) >= 11 is 1.59. The molecule has 0 radical (unpaired) electrons. The summed E-state index contributed by atoms with van der Waals surface area (Å²) in [5.41, 5.74) is 2.05. The maximum atomic E-state index is 12.7. The molecule has 0 saturated carbocycles. The van der Waals surface area contributed by atoms with Gasteiger partial charge in [0.2, 0.25) is 0 Å². The molecule has 3 rings (SSSR count). The number of esters is 1. The van der Waals surface area contributed by atoms with E-state index in [9.17, 15) is 4.79 Å². The third-order valence-corrected chi connectivity index (χ3v) is 8.33. The van der Waals surface area contributed by atoms with Gasteiger partial charge in [-0.2, -0.15) is 0 Å². The quantitative estimate of drug-likeness (QED) is 0.0574. The number of aromatic nitrogens is 1. The topological polar surface area (TPSA) is 42.5 Å². The molecular weight excluding hydrogens is 500 g/mol. The van der Waals surface area contributed by atoms with Crippen molar-refractivity contribution in [3.63, 3.8) is 0 Å². The van der Waals surface area contributed by atoms with Crippen molar-refractivity contribution in [2.45, 2.75) is 116 Å². The molecule has 2 aromatic carbocycles. The van der Waals surface area contributed by atoms with E-state index in [2.05, 4.69) is 13.0 Å². The first-order chi connectivity index (χ1) is 19.3. The molecule has 212 valence electrons. The number of benzene rings is 2. The molecule has 1 aromatic heterocycles. The minimum Gasteiger partial charge on any atom is -0.463 e. The third-order valence-electron chi connectivity index (χ3n) is 7.26. The number of ether oxygens (including phenoxy) is 1. The molecule has 5 heteroatoms. The summed E-state index contributed by atoms with van der Waals surface area (Å²) in [5.74, 6) is -0.194. The second-order valence-corrected chi connectivity index (χ2v) is 11.6. The van der Waals surface area contributed by atoms with Gasteiger partial charge in [-0.15, -0.1) is 0 Å². The number of thiazole rings is 1. The van der Waals surface area contributed by atoms with E-state index in [1.807, 2.05) is 59.3 Å². The van der Waals surface area contributed by atoms with Crippen LogP contribution in [-0.2, 0) is 16.1 Å². The summed E-state index contributed by atoms with van der Waals surface area (Å²) in [5, 5.41) is 0.805. The largest absolute Gasteiger partial charge is 0.463 e. The first-order valence-electron chi connectivity index (χ1n) is 15.4. The Morgan fingerprint density at radius 3 is 1.90 bits per heavy atom. The average molecular weight is 550 g/mol. The van der Waals surface area contributed by atoms with Gasteiger partial charge in [0.25, 0.3) is 0 Å². The number of carbonyl (C=O) groups excluding carboxylic acids is 1. The second kappa shape index (κ2) is 19.5. The normalized spacial score (nSPS) is 11.5. The zero-order valence-corrected chi connectivity index (χ0v) is 24.9. The lowest BCUT2D eigenvalue weighted by atomic mass is 10.0. The highest BCUT2D eigenvalue weighted by Gasteiger charge is 2.21. The number of unbranched alkanes of at least 4 members (excludes halogenated alkanes) is 15. The molecule has 0 spiro atoms. The molecule has 0 fully saturated rings. The number of rotatable bonds is 21. The molecule has 3 aromatic rings. The fourth-order valence-corrected chi connectivity index (χ4v) is 5.96. The number of para-hydroxylation sites is 1. The SMILES string of the molecule is CCCCCCCCCCCCCCCCCCOC(=O)C[n+]1c(/N=C/c2ccccc2)sc2ccccc21. The number of nitrogens with zero attached hydrogens (tertiary/aromatic N) is 2. The molecule has 0 aliphatic carbocycles. The third kappa shape index (κ3) is 12.5. The number of fused-ring (bicyclic) bond motifs is 1.